The van der Waals surface area contributed by atoms with Gasteiger partial charge in [0.2, 0.25) is 5.13 Å². The third-order valence-electron chi connectivity index (χ3n) is 2.35. The number of hydrogen-bond donors (Lipinski definition) is 1. The molecule has 0 atom stereocenters. The molecule has 0 unspecified atom stereocenters. The molecule has 0 saturated carbocycles. The standard InChI is InChI=1S/C14H17N3OS/c1-3-8-18-13-6-4-12(5-7-13)9-15-17-14-16-11(2)10-19-14/h4-7,9-10H,3,8H2,1-2H3,(H,16,17). The van der Waals surface area contributed by atoms with Gasteiger partial charge in [-0.2, -0.15) is 5.10 Å². The molecule has 0 fully saturated rings. The van der Waals surface area contributed by atoms with E-state index in [9.17, 15) is 0 Å². The Hall–Kier alpha value is -1.88. The molecule has 1 aromatic carbocycles. The second-order valence-electron chi connectivity index (χ2n) is 4.08. The number of nitrogens with zero attached hydrogens (tertiary/aromatic N) is 2. The van der Waals surface area contributed by atoms with E-state index in [0.717, 1.165) is 35.2 Å². The molecule has 0 aliphatic heterocycles. The Balaban J connectivity index is 1.88. The molecular weight excluding hydrogens is 258 g/mol. The predicted octanol–water partition coefficient (Wildman–Crippen LogP) is 3.69. The van der Waals surface area contributed by atoms with E-state index >= 15 is 0 Å². The van der Waals surface area contributed by atoms with Gasteiger partial charge in [0.25, 0.3) is 0 Å². The van der Waals surface area contributed by atoms with Gasteiger partial charge in [0.15, 0.2) is 0 Å². The minimum absolute atomic E-state index is 0.748. The molecule has 0 spiro atoms. The molecule has 0 radical (unpaired) electrons. The lowest BCUT2D eigenvalue weighted by atomic mass is 10.2. The summed E-state index contributed by atoms with van der Waals surface area (Å²) in [6, 6.07) is 7.85. The minimum Gasteiger partial charge on any atom is -0.494 e. The van der Waals surface area contributed by atoms with Gasteiger partial charge in [-0.05, 0) is 43.2 Å². The topological polar surface area (TPSA) is 46.5 Å². The lowest BCUT2D eigenvalue weighted by Gasteiger charge is -2.03. The molecule has 0 saturated heterocycles. The van der Waals surface area contributed by atoms with Gasteiger partial charge in [0.05, 0.1) is 18.5 Å². The second kappa shape index (κ2) is 6.89. The Bertz CT molecular complexity index is 534. The maximum Gasteiger partial charge on any atom is 0.203 e. The van der Waals surface area contributed by atoms with Gasteiger partial charge in [-0.3, -0.25) is 5.43 Å². The fraction of sp³-hybridized carbons (Fsp3) is 0.286. The van der Waals surface area contributed by atoms with Crippen LogP contribution in [0, 0.1) is 6.92 Å². The molecular formula is C14H17N3OS. The van der Waals surface area contributed by atoms with Gasteiger partial charge >= 0.3 is 0 Å². The van der Waals surface area contributed by atoms with Crippen LogP contribution in [-0.4, -0.2) is 17.8 Å². The number of aromatic nitrogens is 1. The Kier molecular flexibility index (Phi) is 4.92. The number of benzene rings is 1. The smallest absolute Gasteiger partial charge is 0.203 e. The molecule has 0 aliphatic rings. The number of hydrazone groups is 1. The molecule has 100 valence electrons. The van der Waals surface area contributed by atoms with Crippen LogP contribution in [0.1, 0.15) is 24.6 Å². The van der Waals surface area contributed by atoms with Crippen molar-refractivity contribution in [3.05, 3.63) is 40.9 Å². The van der Waals surface area contributed by atoms with Crippen LogP contribution in [-0.2, 0) is 0 Å². The summed E-state index contributed by atoms with van der Waals surface area (Å²) in [5, 5.41) is 6.94. The van der Waals surface area contributed by atoms with Gasteiger partial charge in [-0.1, -0.05) is 6.92 Å². The summed E-state index contributed by atoms with van der Waals surface area (Å²) in [6.07, 6.45) is 2.78. The van der Waals surface area contributed by atoms with Crippen molar-refractivity contribution in [1.82, 2.24) is 4.98 Å². The van der Waals surface area contributed by atoms with E-state index in [1.165, 1.54) is 0 Å². The van der Waals surface area contributed by atoms with Crippen molar-refractivity contribution >= 4 is 22.7 Å². The fourth-order valence-electron chi connectivity index (χ4n) is 1.44. The first-order valence-electron chi connectivity index (χ1n) is 6.22. The maximum atomic E-state index is 5.52. The lowest BCUT2D eigenvalue weighted by Crippen LogP contribution is -1.95. The summed E-state index contributed by atoms with van der Waals surface area (Å²) in [6.45, 7) is 4.80. The zero-order chi connectivity index (χ0) is 13.5. The molecule has 5 heteroatoms. The van der Waals surface area contributed by atoms with Crippen molar-refractivity contribution in [3.8, 4) is 5.75 Å². The van der Waals surface area contributed by atoms with Crippen LogP contribution < -0.4 is 10.2 Å². The zero-order valence-corrected chi connectivity index (χ0v) is 11.9. The highest BCUT2D eigenvalue weighted by Gasteiger charge is 1.95. The second-order valence-corrected chi connectivity index (χ2v) is 4.94. The summed E-state index contributed by atoms with van der Waals surface area (Å²) in [4.78, 5) is 4.26. The van der Waals surface area contributed by atoms with Gasteiger partial charge in [-0.25, -0.2) is 4.98 Å². The lowest BCUT2D eigenvalue weighted by molar-refractivity contribution is 0.317. The number of aryl methyl sites for hydroxylation is 1. The summed E-state index contributed by atoms with van der Waals surface area (Å²) in [7, 11) is 0. The molecule has 0 aliphatic carbocycles. The van der Waals surface area contributed by atoms with Crippen molar-refractivity contribution in [1.29, 1.82) is 0 Å². The van der Waals surface area contributed by atoms with Crippen LogP contribution in [0.5, 0.6) is 5.75 Å². The van der Waals surface area contributed by atoms with Crippen LogP contribution >= 0.6 is 11.3 Å². The van der Waals surface area contributed by atoms with Crippen LogP contribution in [0.15, 0.2) is 34.7 Å². The predicted molar refractivity (Wildman–Crippen MR) is 80.3 cm³/mol. The Morgan fingerprint density at radius 3 is 2.79 bits per heavy atom. The Morgan fingerprint density at radius 2 is 2.16 bits per heavy atom. The molecule has 2 aromatic rings. The van der Waals surface area contributed by atoms with Crippen molar-refractivity contribution < 1.29 is 4.74 Å². The number of rotatable bonds is 6. The number of ether oxygens (including phenoxy) is 1. The van der Waals surface area contributed by atoms with E-state index in [4.69, 9.17) is 4.74 Å². The molecule has 4 nitrogen and oxygen atoms in total. The van der Waals surface area contributed by atoms with E-state index in [0.29, 0.717) is 0 Å². The molecule has 1 heterocycles. The van der Waals surface area contributed by atoms with Crippen LogP contribution in [0.4, 0.5) is 5.13 Å². The summed E-state index contributed by atoms with van der Waals surface area (Å²) >= 11 is 1.54. The minimum atomic E-state index is 0.748. The molecule has 1 aromatic heterocycles. The van der Waals surface area contributed by atoms with Gasteiger partial charge < -0.3 is 4.74 Å². The zero-order valence-electron chi connectivity index (χ0n) is 11.1. The average molecular weight is 275 g/mol. The number of hydrogen-bond acceptors (Lipinski definition) is 5. The van der Waals surface area contributed by atoms with Crippen molar-refractivity contribution in [2.45, 2.75) is 20.3 Å². The molecule has 0 bridgehead atoms. The largest absolute Gasteiger partial charge is 0.494 e. The highest BCUT2D eigenvalue weighted by Crippen LogP contribution is 2.14. The van der Waals surface area contributed by atoms with E-state index in [2.05, 4.69) is 22.4 Å². The highest BCUT2D eigenvalue weighted by atomic mass is 32.1. The monoisotopic (exact) mass is 275 g/mol. The van der Waals surface area contributed by atoms with Crippen LogP contribution in [0.25, 0.3) is 0 Å². The summed E-state index contributed by atoms with van der Waals surface area (Å²) in [5.74, 6) is 0.891. The molecule has 2 rings (SSSR count). The van der Waals surface area contributed by atoms with E-state index < -0.39 is 0 Å². The SMILES string of the molecule is CCCOc1ccc(C=NNc2nc(C)cs2)cc1. The fourth-order valence-corrected chi connectivity index (χ4v) is 2.07. The van der Waals surface area contributed by atoms with Crippen molar-refractivity contribution in [2.75, 3.05) is 12.0 Å². The van der Waals surface area contributed by atoms with E-state index in [-0.39, 0.29) is 0 Å². The molecule has 1 N–H and O–H groups in total. The van der Waals surface area contributed by atoms with Crippen LogP contribution in [0.3, 0.4) is 0 Å². The first-order chi connectivity index (χ1) is 9.28. The summed E-state index contributed by atoms with van der Waals surface area (Å²) < 4.78 is 5.52. The first-order valence-corrected chi connectivity index (χ1v) is 7.10. The van der Waals surface area contributed by atoms with Gasteiger partial charge in [-0.15, -0.1) is 11.3 Å². The van der Waals surface area contributed by atoms with Crippen molar-refractivity contribution in [3.63, 3.8) is 0 Å². The van der Waals surface area contributed by atoms with Crippen molar-refractivity contribution in [2.24, 2.45) is 5.10 Å². The molecule has 0 amide bonds. The average Bonchev–Trinajstić information content (AvgIpc) is 2.84. The van der Waals surface area contributed by atoms with E-state index in [1.807, 2.05) is 36.6 Å². The Labute approximate surface area is 117 Å². The number of anilines is 1. The summed E-state index contributed by atoms with van der Waals surface area (Å²) in [5.41, 5.74) is 4.93. The Morgan fingerprint density at radius 1 is 1.37 bits per heavy atom. The van der Waals surface area contributed by atoms with E-state index in [1.54, 1.807) is 17.6 Å². The van der Waals surface area contributed by atoms with Crippen LogP contribution in [0.2, 0.25) is 0 Å². The third kappa shape index (κ3) is 4.37. The normalized spacial score (nSPS) is 10.8. The van der Waals surface area contributed by atoms with Gasteiger partial charge in [0, 0.05) is 5.38 Å². The number of nitrogens with one attached hydrogen (secondary N) is 1. The highest BCUT2D eigenvalue weighted by molar-refractivity contribution is 7.13. The third-order valence-corrected chi connectivity index (χ3v) is 3.21. The molecule has 19 heavy (non-hydrogen) atoms. The number of thiazole rings is 1. The first kappa shape index (κ1) is 13.5. The quantitative estimate of drug-likeness (QED) is 0.646. The van der Waals surface area contributed by atoms with Gasteiger partial charge in [0.1, 0.15) is 5.75 Å². The maximum absolute atomic E-state index is 5.52.